The van der Waals surface area contributed by atoms with Crippen LogP contribution >= 0.6 is 0 Å². The van der Waals surface area contributed by atoms with E-state index in [1.807, 2.05) is 41.8 Å². The second-order valence-electron chi connectivity index (χ2n) is 4.01. The van der Waals surface area contributed by atoms with Gasteiger partial charge in [-0.05, 0) is 19.4 Å². The first-order valence-corrected chi connectivity index (χ1v) is 5.95. The van der Waals surface area contributed by atoms with Crippen molar-refractivity contribution in [2.75, 3.05) is 6.61 Å². The fourth-order valence-electron chi connectivity index (χ4n) is 1.85. The Morgan fingerprint density at radius 3 is 2.72 bits per heavy atom. The van der Waals surface area contributed by atoms with Crippen molar-refractivity contribution < 1.29 is 9.53 Å². The molecule has 4 nitrogen and oxygen atoms in total. The number of imidazole rings is 1. The maximum absolute atomic E-state index is 11.9. The van der Waals surface area contributed by atoms with Crippen molar-refractivity contribution in [2.24, 2.45) is 0 Å². The maximum atomic E-state index is 11.9. The Balaban J connectivity index is 2.26. The molecule has 0 atom stereocenters. The van der Waals surface area contributed by atoms with E-state index < -0.39 is 0 Å². The van der Waals surface area contributed by atoms with Crippen LogP contribution in [0.5, 0.6) is 0 Å². The third-order valence-corrected chi connectivity index (χ3v) is 2.69. The van der Waals surface area contributed by atoms with Gasteiger partial charge in [-0.2, -0.15) is 0 Å². The van der Waals surface area contributed by atoms with E-state index in [2.05, 4.69) is 4.98 Å². The molecular formula is C14H16N2O2. The molecule has 2 aromatic rings. The van der Waals surface area contributed by atoms with Crippen LogP contribution in [0.15, 0.2) is 36.7 Å². The quantitative estimate of drug-likeness (QED) is 0.776. The summed E-state index contributed by atoms with van der Waals surface area (Å²) in [5, 5.41) is 0. The number of hydrogen-bond donors (Lipinski definition) is 0. The summed E-state index contributed by atoms with van der Waals surface area (Å²) < 4.78 is 6.87. The molecule has 0 spiro atoms. The lowest BCUT2D eigenvalue weighted by Gasteiger charge is -2.08. The van der Waals surface area contributed by atoms with Crippen LogP contribution in [-0.2, 0) is 11.3 Å². The number of carbonyl (C=O) groups is 1. The molecule has 2 rings (SSSR count). The van der Waals surface area contributed by atoms with E-state index in [4.69, 9.17) is 4.74 Å². The van der Waals surface area contributed by atoms with Crippen LogP contribution < -0.4 is 0 Å². The van der Waals surface area contributed by atoms with Gasteiger partial charge in [0.15, 0.2) is 5.69 Å². The fourth-order valence-corrected chi connectivity index (χ4v) is 1.85. The lowest BCUT2D eigenvalue weighted by molar-refractivity contribution is 0.0513. The molecule has 94 valence electrons. The first kappa shape index (κ1) is 12.4. The van der Waals surface area contributed by atoms with Crippen LogP contribution in [0.2, 0.25) is 0 Å². The second kappa shape index (κ2) is 5.49. The molecular weight excluding hydrogens is 228 g/mol. The van der Waals surface area contributed by atoms with Gasteiger partial charge in [-0.1, -0.05) is 30.3 Å². The predicted molar refractivity (Wildman–Crippen MR) is 68.5 cm³/mol. The number of benzene rings is 1. The van der Waals surface area contributed by atoms with Gasteiger partial charge in [0.25, 0.3) is 0 Å². The Hall–Kier alpha value is -2.10. The van der Waals surface area contributed by atoms with Crippen molar-refractivity contribution in [3.05, 3.63) is 53.6 Å². The second-order valence-corrected chi connectivity index (χ2v) is 4.01. The summed E-state index contributed by atoms with van der Waals surface area (Å²) in [5.74, 6) is -0.316. The van der Waals surface area contributed by atoms with Crippen molar-refractivity contribution in [3.8, 4) is 0 Å². The molecule has 0 bridgehead atoms. The van der Waals surface area contributed by atoms with Gasteiger partial charge < -0.3 is 9.30 Å². The highest BCUT2D eigenvalue weighted by molar-refractivity contribution is 5.88. The van der Waals surface area contributed by atoms with Gasteiger partial charge in [-0.25, -0.2) is 9.78 Å². The summed E-state index contributed by atoms with van der Waals surface area (Å²) in [4.78, 5) is 16.0. The third kappa shape index (κ3) is 2.59. The number of aromatic nitrogens is 2. The van der Waals surface area contributed by atoms with Crippen molar-refractivity contribution >= 4 is 5.97 Å². The minimum atomic E-state index is -0.316. The van der Waals surface area contributed by atoms with E-state index >= 15 is 0 Å². The van der Waals surface area contributed by atoms with E-state index in [0.717, 1.165) is 5.56 Å². The number of carbonyl (C=O) groups excluding carboxylic acids is 1. The largest absolute Gasteiger partial charge is 0.461 e. The number of aryl methyl sites for hydroxylation is 1. The Kier molecular flexibility index (Phi) is 3.77. The average Bonchev–Trinajstić information content (AvgIpc) is 2.72. The summed E-state index contributed by atoms with van der Waals surface area (Å²) in [6, 6.07) is 9.95. The fraction of sp³-hybridized carbons (Fsp3) is 0.286. The average molecular weight is 244 g/mol. The highest BCUT2D eigenvalue weighted by Crippen LogP contribution is 2.11. The first-order chi connectivity index (χ1) is 8.72. The van der Waals surface area contributed by atoms with Gasteiger partial charge in [0, 0.05) is 6.54 Å². The number of rotatable bonds is 4. The summed E-state index contributed by atoms with van der Waals surface area (Å²) >= 11 is 0. The van der Waals surface area contributed by atoms with Crippen molar-refractivity contribution in [3.63, 3.8) is 0 Å². The summed E-state index contributed by atoms with van der Waals surface area (Å²) in [5.41, 5.74) is 2.35. The highest BCUT2D eigenvalue weighted by Gasteiger charge is 2.17. The smallest absolute Gasteiger partial charge is 0.356 e. The zero-order chi connectivity index (χ0) is 13.0. The lowest BCUT2D eigenvalue weighted by Crippen LogP contribution is -2.13. The SMILES string of the molecule is CCOC(=O)c1c(C)ncn1Cc1ccccc1. The van der Waals surface area contributed by atoms with Crippen molar-refractivity contribution in [1.82, 2.24) is 9.55 Å². The number of ether oxygens (including phenoxy) is 1. The molecule has 4 heteroatoms. The standard InChI is InChI=1S/C14H16N2O2/c1-3-18-14(17)13-11(2)15-10-16(13)9-12-7-5-4-6-8-12/h4-8,10H,3,9H2,1-2H3. The van der Waals surface area contributed by atoms with Crippen LogP contribution in [-0.4, -0.2) is 22.1 Å². The third-order valence-electron chi connectivity index (χ3n) is 2.69. The molecule has 0 fully saturated rings. The van der Waals surface area contributed by atoms with Gasteiger partial charge in [0.1, 0.15) is 0 Å². The molecule has 0 aliphatic rings. The summed E-state index contributed by atoms with van der Waals surface area (Å²) in [6.45, 7) is 4.60. The topological polar surface area (TPSA) is 44.1 Å². The molecule has 18 heavy (non-hydrogen) atoms. The van der Waals surface area contributed by atoms with E-state index in [-0.39, 0.29) is 5.97 Å². The molecule has 0 radical (unpaired) electrons. The Bertz CT molecular complexity index is 532. The lowest BCUT2D eigenvalue weighted by atomic mass is 10.2. The Morgan fingerprint density at radius 2 is 2.06 bits per heavy atom. The summed E-state index contributed by atoms with van der Waals surface area (Å²) in [7, 11) is 0. The minimum absolute atomic E-state index is 0.316. The van der Waals surface area contributed by atoms with Crippen LogP contribution in [0, 0.1) is 6.92 Å². The van der Waals surface area contributed by atoms with Crippen LogP contribution in [0.4, 0.5) is 0 Å². The predicted octanol–water partition coefficient (Wildman–Crippen LogP) is 2.42. The minimum Gasteiger partial charge on any atom is -0.461 e. The van der Waals surface area contributed by atoms with Crippen LogP contribution in [0.25, 0.3) is 0 Å². The van der Waals surface area contributed by atoms with Gasteiger partial charge in [0.05, 0.1) is 18.6 Å². The molecule has 0 saturated heterocycles. The van der Waals surface area contributed by atoms with Crippen molar-refractivity contribution in [1.29, 1.82) is 0 Å². The number of esters is 1. The van der Waals surface area contributed by atoms with E-state index in [0.29, 0.717) is 24.5 Å². The van der Waals surface area contributed by atoms with Gasteiger partial charge in [0.2, 0.25) is 0 Å². The maximum Gasteiger partial charge on any atom is 0.356 e. The zero-order valence-corrected chi connectivity index (χ0v) is 10.6. The normalized spacial score (nSPS) is 10.3. The van der Waals surface area contributed by atoms with Crippen molar-refractivity contribution in [2.45, 2.75) is 20.4 Å². The first-order valence-electron chi connectivity index (χ1n) is 5.95. The van der Waals surface area contributed by atoms with Gasteiger partial charge >= 0.3 is 5.97 Å². The monoisotopic (exact) mass is 244 g/mol. The molecule has 0 aliphatic heterocycles. The highest BCUT2D eigenvalue weighted by atomic mass is 16.5. The Labute approximate surface area is 106 Å². The van der Waals surface area contributed by atoms with Gasteiger partial charge in [-0.15, -0.1) is 0 Å². The molecule has 0 N–H and O–H groups in total. The summed E-state index contributed by atoms with van der Waals surface area (Å²) in [6.07, 6.45) is 1.68. The molecule has 0 amide bonds. The molecule has 1 aromatic carbocycles. The molecule has 1 aromatic heterocycles. The molecule has 0 aliphatic carbocycles. The van der Waals surface area contributed by atoms with Crippen LogP contribution in [0.1, 0.15) is 28.7 Å². The molecule has 0 saturated carbocycles. The van der Waals surface area contributed by atoms with Gasteiger partial charge in [-0.3, -0.25) is 0 Å². The van der Waals surface area contributed by atoms with E-state index in [9.17, 15) is 4.79 Å². The number of hydrogen-bond acceptors (Lipinski definition) is 3. The Morgan fingerprint density at radius 1 is 1.33 bits per heavy atom. The van der Waals surface area contributed by atoms with E-state index in [1.54, 1.807) is 13.3 Å². The number of nitrogens with zero attached hydrogens (tertiary/aromatic N) is 2. The zero-order valence-electron chi connectivity index (χ0n) is 10.6. The van der Waals surface area contributed by atoms with Crippen LogP contribution in [0.3, 0.4) is 0 Å². The molecule has 0 unspecified atom stereocenters. The molecule has 1 heterocycles. The van der Waals surface area contributed by atoms with E-state index in [1.165, 1.54) is 0 Å².